The lowest BCUT2D eigenvalue weighted by molar-refractivity contribution is 0.443. The fourth-order valence-corrected chi connectivity index (χ4v) is 5.14. The van der Waals surface area contributed by atoms with Gasteiger partial charge in [0.1, 0.15) is 0 Å². The van der Waals surface area contributed by atoms with Gasteiger partial charge in [-0.1, -0.05) is 6.07 Å². The van der Waals surface area contributed by atoms with Crippen molar-refractivity contribution in [1.29, 1.82) is 0 Å². The van der Waals surface area contributed by atoms with Gasteiger partial charge in [0.2, 0.25) is 10.0 Å². The summed E-state index contributed by atoms with van der Waals surface area (Å²) >= 11 is 1.79. The lowest BCUT2D eigenvalue weighted by atomic mass is 10.4. The van der Waals surface area contributed by atoms with Crippen LogP contribution in [0.25, 0.3) is 5.65 Å². The molecular formula is C15H23N7O2S2. The fraction of sp³-hybridized carbons (Fsp3) is 0.533. The minimum Gasteiger partial charge on any atom is -0.355 e. The normalized spacial score (nSPS) is 16.7. The molecule has 0 aliphatic carbocycles. The molecule has 1 saturated heterocycles. The van der Waals surface area contributed by atoms with E-state index in [1.54, 1.807) is 23.1 Å². The number of nitrogens with one attached hydrogen (secondary N) is 2. The van der Waals surface area contributed by atoms with Crippen molar-refractivity contribution in [3.63, 3.8) is 0 Å². The molecule has 1 aliphatic heterocycles. The van der Waals surface area contributed by atoms with E-state index in [-0.39, 0.29) is 5.75 Å². The number of aromatic nitrogens is 3. The zero-order chi connectivity index (χ0) is 18.4. The van der Waals surface area contributed by atoms with Crippen molar-refractivity contribution in [2.75, 3.05) is 43.9 Å². The van der Waals surface area contributed by atoms with E-state index in [1.165, 1.54) is 0 Å². The Balaban J connectivity index is 1.49. The predicted molar refractivity (Wildman–Crippen MR) is 104 cm³/mol. The Labute approximate surface area is 157 Å². The molecule has 0 amide bonds. The van der Waals surface area contributed by atoms with Gasteiger partial charge in [0.05, 0.1) is 12.3 Å². The van der Waals surface area contributed by atoms with Crippen molar-refractivity contribution in [2.24, 2.45) is 4.99 Å². The molecule has 1 aliphatic rings. The SMILES string of the molecule is CN=C(NCCS(=O)(=O)N1CCSCC1)NCc1nnc2ccccn12. The monoisotopic (exact) mass is 397 g/mol. The number of nitrogens with zero attached hydrogens (tertiary/aromatic N) is 5. The van der Waals surface area contributed by atoms with E-state index in [2.05, 4.69) is 25.8 Å². The molecule has 2 aromatic rings. The Hall–Kier alpha value is -1.85. The van der Waals surface area contributed by atoms with E-state index in [4.69, 9.17) is 0 Å². The van der Waals surface area contributed by atoms with E-state index in [1.807, 2.05) is 28.8 Å². The van der Waals surface area contributed by atoms with Crippen LogP contribution in [0.4, 0.5) is 0 Å². The summed E-state index contributed by atoms with van der Waals surface area (Å²) in [7, 11) is -1.58. The van der Waals surface area contributed by atoms with Crippen molar-refractivity contribution < 1.29 is 8.42 Å². The molecule has 0 bridgehead atoms. The van der Waals surface area contributed by atoms with Crippen LogP contribution in [0.3, 0.4) is 0 Å². The van der Waals surface area contributed by atoms with E-state index in [9.17, 15) is 8.42 Å². The van der Waals surface area contributed by atoms with E-state index < -0.39 is 10.0 Å². The molecule has 11 heteroatoms. The minimum atomic E-state index is -3.23. The summed E-state index contributed by atoms with van der Waals surface area (Å²) < 4.78 is 28.1. The second-order valence-electron chi connectivity index (χ2n) is 5.73. The maximum Gasteiger partial charge on any atom is 0.215 e. The Morgan fingerprint density at radius 2 is 2.08 bits per heavy atom. The minimum absolute atomic E-state index is 0.0478. The van der Waals surface area contributed by atoms with Gasteiger partial charge in [-0.2, -0.15) is 11.8 Å². The van der Waals surface area contributed by atoms with E-state index >= 15 is 0 Å². The highest BCUT2D eigenvalue weighted by molar-refractivity contribution is 7.99. The Kier molecular flexibility index (Phi) is 6.33. The quantitative estimate of drug-likeness (QED) is 0.513. The number of thioether (sulfide) groups is 1. The van der Waals surface area contributed by atoms with Gasteiger partial charge in [-0.05, 0) is 12.1 Å². The van der Waals surface area contributed by atoms with Crippen LogP contribution in [0.1, 0.15) is 5.82 Å². The standard InChI is InChI=1S/C15H23N7O2S2/c1-16-15(17-5-11-26(23,24)21-7-9-25-10-8-21)18-12-14-20-19-13-4-2-3-6-22(13)14/h2-4,6H,5,7-12H2,1H3,(H2,16,17,18). The highest BCUT2D eigenvalue weighted by atomic mass is 32.2. The lowest BCUT2D eigenvalue weighted by Gasteiger charge is -2.25. The Bertz CT molecular complexity index is 860. The molecule has 3 rings (SSSR count). The molecule has 0 unspecified atom stereocenters. The Morgan fingerprint density at radius 1 is 1.27 bits per heavy atom. The lowest BCUT2D eigenvalue weighted by Crippen LogP contribution is -2.44. The average Bonchev–Trinajstić information content (AvgIpc) is 3.08. The third-order valence-electron chi connectivity index (χ3n) is 4.04. The van der Waals surface area contributed by atoms with Crippen molar-refractivity contribution in [3.05, 3.63) is 30.2 Å². The molecule has 3 heterocycles. The predicted octanol–water partition coefficient (Wildman–Crippen LogP) is -0.227. The number of aliphatic imine (C=N–C) groups is 1. The van der Waals surface area contributed by atoms with Crippen LogP contribution < -0.4 is 10.6 Å². The maximum absolute atomic E-state index is 12.3. The van der Waals surface area contributed by atoms with Gasteiger partial charge >= 0.3 is 0 Å². The van der Waals surface area contributed by atoms with Crippen LogP contribution in [-0.4, -0.2) is 77.2 Å². The van der Waals surface area contributed by atoms with Gasteiger partial charge < -0.3 is 10.6 Å². The number of guanidine groups is 1. The number of sulfonamides is 1. The highest BCUT2D eigenvalue weighted by Crippen LogP contribution is 2.13. The van der Waals surface area contributed by atoms with Crippen LogP contribution in [-0.2, 0) is 16.6 Å². The molecule has 2 N–H and O–H groups in total. The van der Waals surface area contributed by atoms with Crippen LogP contribution in [0.2, 0.25) is 0 Å². The summed E-state index contributed by atoms with van der Waals surface area (Å²) in [4.78, 5) is 4.12. The van der Waals surface area contributed by atoms with Crippen LogP contribution in [0.15, 0.2) is 29.4 Å². The summed E-state index contributed by atoms with van der Waals surface area (Å²) in [6.07, 6.45) is 1.89. The molecule has 0 spiro atoms. The first-order valence-electron chi connectivity index (χ1n) is 8.39. The first-order valence-corrected chi connectivity index (χ1v) is 11.2. The van der Waals surface area contributed by atoms with Gasteiger partial charge in [0, 0.05) is 44.4 Å². The molecule has 0 aromatic carbocycles. The molecule has 2 aromatic heterocycles. The maximum atomic E-state index is 12.3. The van der Waals surface area contributed by atoms with Crippen LogP contribution in [0, 0.1) is 0 Å². The molecule has 9 nitrogen and oxygen atoms in total. The van der Waals surface area contributed by atoms with Crippen molar-refractivity contribution in [3.8, 4) is 0 Å². The molecule has 0 saturated carbocycles. The third kappa shape index (κ3) is 4.65. The molecule has 142 valence electrons. The third-order valence-corrected chi connectivity index (χ3v) is 6.85. The molecule has 0 radical (unpaired) electrons. The summed E-state index contributed by atoms with van der Waals surface area (Å²) in [6.45, 7) is 1.92. The number of pyridine rings is 1. The first kappa shape index (κ1) is 18.9. The van der Waals surface area contributed by atoms with Gasteiger partial charge in [-0.15, -0.1) is 10.2 Å². The molecule has 26 heavy (non-hydrogen) atoms. The fourth-order valence-electron chi connectivity index (χ4n) is 2.65. The smallest absolute Gasteiger partial charge is 0.215 e. The van der Waals surface area contributed by atoms with Crippen molar-refractivity contribution in [2.45, 2.75) is 6.54 Å². The zero-order valence-corrected chi connectivity index (χ0v) is 16.3. The average molecular weight is 398 g/mol. The van der Waals surface area contributed by atoms with Gasteiger partial charge in [0.25, 0.3) is 0 Å². The van der Waals surface area contributed by atoms with Crippen LogP contribution >= 0.6 is 11.8 Å². The van der Waals surface area contributed by atoms with Gasteiger partial charge in [0.15, 0.2) is 17.4 Å². The Morgan fingerprint density at radius 3 is 2.85 bits per heavy atom. The number of rotatable bonds is 6. The topological polar surface area (TPSA) is 104 Å². The highest BCUT2D eigenvalue weighted by Gasteiger charge is 2.23. The van der Waals surface area contributed by atoms with Crippen molar-refractivity contribution >= 4 is 33.4 Å². The molecule has 0 atom stereocenters. The molecule has 1 fully saturated rings. The summed E-state index contributed by atoms with van der Waals surface area (Å²) in [5.41, 5.74) is 0.776. The van der Waals surface area contributed by atoms with E-state index in [0.29, 0.717) is 32.1 Å². The summed E-state index contributed by atoms with van der Waals surface area (Å²) in [6, 6.07) is 5.70. The van der Waals surface area contributed by atoms with Gasteiger partial charge in [-0.25, -0.2) is 12.7 Å². The number of hydrogen-bond acceptors (Lipinski definition) is 6. The largest absolute Gasteiger partial charge is 0.355 e. The summed E-state index contributed by atoms with van der Waals surface area (Å²) in [5.74, 6) is 3.06. The first-order chi connectivity index (χ1) is 12.6. The second kappa shape index (κ2) is 8.69. The van der Waals surface area contributed by atoms with Crippen LogP contribution in [0.5, 0.6) is 0 Å². The number of fused-ring (bicyclic) bond motifs is 1. The zero-order valence-electron chi connectivity index (χ0n) is 14.6. The molecular weight excluding hydrogens is 374 g/mol. The van der Waals surface area contributed by atoms with Crippen molar-refractivity contribution in [1.82, 2.24) is 29.5 Å². The number of hydrogen-bond donors (Lipinski definition) is 2. The van der Waals surface area contributed by atoms with Gasteiger partial charge in [-0.3, -0.25) is 9.39 Å². The second-order valence-corrected chi connectivity index (χ2v) is 9.04. The van der Waals surface area contributed by atoms with E-state index in [0.717, 1.165) is 23.0 Å². The summed E-state index contributed by atoms with van der Waals surface area (Å²) in [5, 5.41) is 14.4.